The van der Waals surface area contributed by atoms with E-state index in [1.54, 1.807) is 18.6 Å². The smallest absolute Gasteiger partial charge is 0.230 e. The molecule has 0 aliphatic heterocycles. The first-order valence-electron chi connectivity index (χ1n) is 10.8. The van der Waals surface area contributed by atoms with Crippen LogP contribution in [0.15, 0.2) is 55.2 Å². The minimum absolute atomic E-state index is 0.207. The SMILES string of the molecule is Cc1ccc(C2(C(=O)NC3CCC(n4cc(-c5cnccn5)cn4)CC3)CC2)cc1. The van der Waals surface area contributed by atoms with Gasteiger partial charge in [-0.25, -0.2) is 0 Å². The lowest BCUT2D eigenvalue weighted by Gasteiger charge is -2.30. The van der Waals surface area contributed by atoms with Gasteiger partial charge in [0.15, 0.2) is 0 Å². The summed E-state index contributed by atoms with van der Waals surface area (Å²) in [4.78, 5) is 21.5. The normalized spacial score (nSPS) is 22.4. The van der Waals surface area contributed by atoms with Crippen molar-refractivity contribution in [2.75, 3.05) is 0 Å². The van der Waals surface area contributed by atoms with E-state index in [0.29, 0.717) is 6.04 Å². The van der Waals surface area contributed by atoms with Gasteiger partial charge in [-0.15, -0.1) is 0 Å². The number of nitrogens with one attached hydrogen (secondary N) is 1. The van der Waals surface area contributed by atoms with Gasteiger partial charge in [0.1, 0.15) is 0 Å². The molecule has 5 rings (SSSR count). The molecule has 2 aliphatic carbocycles. The molecule has 2 heterocycles. The average molecular weight is 402 g/mol. The van der Waals surface area contributed by atoms with E-state index in [0.717, 1.165) is 55.3 Å². The summed E-state index contributed by atoms with van der Waals surface area (Å²) in [5.41, 5.74) is 3.93. The molecular formula is C24H27N5O. The van der Waals surface area contributed by atoms with Crippen LogP contribution in [-0.2, 0) is 10.2 Å². The van der Waals surface area contributed by atoms with Crippen molar-refractivity contribution in [1.29, 1.82) is 0 Å². The number of hydrogen-bond acceptors (Lipinski definition) is 4. The Balaban J connectivity index is 1.18. The number of carbonyl (C=O) groups is 1. The summed E-state index contributed by atoms with van der Waals surface area (Å²) in [5, 5.41) is 7.91. The van der Waals surface area contributed by atoms with E-state index < -0.39 is 0 Å². The maximum atomic E-state index is 13.1. The van der Waals surface area contributed by atoms with Crippen molar-refractivity contribution in [1.82, 2.24) is 25.1 Å². The molecule has 0 unspecified atom stereocenters. The molecule has 154 valence electrons. The minimum Gasteiger partial charge on any atom is -0.353 e. The monoisotopic (exact) mass is 401 g/mol. The van der Waals surface area contributed by atoms with Crippen LogP contribution in [0, 0.1) is 6.92 Å². The highest BCUT2D eigenvalue weighted by atomic mass is 16.2. The molecule has 2 fully saturated rings. The molecule has 1 aromatic carbocycles. The maximum Gasteiger partial charge on any atom is 0.230 e. The standard InChI is InChI=1S/C24H27N5O/c1-17-2-4-19(5-3-17)24(10-11-24)23(30)28-20-6-8-21(9-7-20)29-16-18(14-27-29)22-15-25-12-13-26-22/h2-5,12-16,20-21H,6-11H2,1H3,(H,28,30). The highest BCUT2D eigenvalue weighted by Gasteiger charge is 2.51. The van der Waals surface area contributed by atoms with E-state index in [9.17, 15) is 4.79 Å². The van der Waals surface area contributed by atoms with Gasteiger partial charge in [0.2, 0.25) is 5.91 Å². The average Bonchev–Trinajstić information content (AvgIpc) is 3.45. The molecule has 0 bridgehead atoms. The molecule has 0 radical (unpaired) electrons. The number of aromatic nitrogens is 4. The largest absolute Gasteiger partial charge is 0.353 e. The zero-order valence-corrected chi connectivity index (χ0v) is 17.3. The number of aryl methyl sites for hydroxylation is 1. The zero-order chi connectivity index (χ0) is 20.6. The topological polar surface area (TPSA) is 72.7 Å². The number of benzene rings is 1. The van der Waals surface area contributed by atoms with E-state index in [4.69, 9.17) is 0 Å². The van der Waals surface area contributed by atoms with E-state index >= 15 is 0 Å². The number of hydrogen-bond donors (Lipinski definition) is 1. The van der Waals surface area contributed by atoms with Gasteiger partial charge in [-0.05, 0) is 51.0 Å². The second kappa shape index (κ2) is 7.67. The van der Waals surface area contributed by atoms with Crippen molar-refractivity contribution in [3.8, 4) is 11.3 Å². The molecule has 0 saturated heterocycles. The molecule has 1 N–H and O–H groups in total. The predicted molar refractivity (Wildman–Crippen MR) is 115 cm³/mol. The van der Waals surface area contributed by atoms with Crippen LogP contribution in [-0.4, -0.2) is 31.7 Å². The Morgan fingerprint density at radius 2 is 1.83 bits per heavy atom. The van der Waals surface area contributed by atoms with Crippen LogP contribution in [0.3, 0.4) is 0 Å². The van der Waals surface area contributed by atoms with Gasteiger partial charge < -0.3 is 5.32 Å². The van der Waals surface area contributed by atoms with E-state index in [-0.39, 0.29) is 17.4 Å². The molecule has 2 aliphatic rings. The predicted octanol–water partition coefficient (Wildman–Crippen LogP) is 3.98. The van der Waals surface area contributed by atoms with E-state index in [1.807, 2.05) is 6.20 Å². The summed E-state index contributed by atoms with van der Waals surface area (Å²) in [6.07, 6.45) is 15.0. The number of nitrogens with zero attached hydrogens (tertiary/aromatic N) is 4. The first-order chi connectivity index (χ1) is 14.6. The molecule has 2 aromatic heterocycles. The van der Waals surface area contributed by atoms with Gasteiger partial charge in [-0.2, -0.15) is 5.10 Å². The van der Waals surface area contributed by atoms with Gasteiger partial charge in [-0.1, -0.05) is 29.8 Å². The third kappa shape index (κ3) is 3.62. The van der Waals surface area contributed by atoms with Crippen LogP contribution >= 0.6 is 0 Å². The Labute approximate surface area is 176 Å². The lowest BCUT2D eigenvalue weighted by atomic mass is 9.89. The highest BCUT2D eigenvalue weighted by Crippen LogP contribution is 2.48. The number of amides is 1. The van der Waals surface area contributed by atoms with Gasteiger partial charge >= 0.3 is 0 Å². The Morgan fingerprint density at radius 1 is 1.07 bits per heavy atom. The molecule has 6 nitrogen and oxygen atoms in total. The molecule has 30 heavy (non-hydrogen) atoms. The van der Waals surface area contributed by atoms with Gasteiger partial charge in [0, 0.05) is 30.2 Å². The number of carbonyl (C=O) groups excluding carboxylic acids is 1. The van der Waals surface area contributed by atoms with Gasteiger partial charge in [0.25, 0.3) is 0 Å². The highest BCUT2D eigenvalue weighted by molar-refractivity contribution is 5.91. The van der Waals surface area contributed by atoms with Crippen LogP contribution < -0.4 is 5.32 Å². The molecule has 0 spiro atoms. The number of rotatable bonds is 5. The summed E-state index contributed by atoms with van der Waals surface area (Å²) in [7, 11) is 0. The lowest BCUT2D eigenvalue weighted by molar-refractivity contribution is -0.124. The zero-order valence-electron chi connectivity index (χ0n) is 17.3. The van der Waals surface area contributed by atoms with Crippen molar-refractivity contribution in [3.63, 3.8) is 0 Å². The van der Waals surface area contributed by atoms with Crippen molar-refractivity contribution in [2.45, 2.75) is 62.9 Å². The molecule has 3 aromatic rings. The first kappa shape index (κ1) is 19.0. The third-order valence-electron chi connectivity index (χ3n) is 6.66. The molecule has 1 amide bonds. The van der Waals surface area contributed by atoms with Crippen molar-refractivity contribution in [3.05, 3.63) is 66.4 Å². The molecule has 6 heteroatoms. The van der Waals surface area contributed by atoms with Crippen LogP contribution in [0.5, 0.6) is 0 Å². The van der Waals surface area contributed by atoms with Crippen LogP contribution in [0.4, 0.5) is 0 Å². The molecule has 0 atom stereocenters. The van der Waals surface area contributed by atoms with Gasteiger partial charge in [-0.3, -0.25) is 19.4 Å². The van der Waals surface area contributed by atoms with Crippen LogP contribution in [0.2, 0.25) is 0 Å². The van der Waals surface area contributed by atoms with Crippen molar-refractivity contribution < 1.29 is 4.79 Å². The first-order valence-corrected chi connectivity index (χ1v) is 10.8. The van der Waals surface area contributed by atoms with Crippen LogP contribution in [0.1, 0.15) is 55.7 Å². The van der Waals surface area contributed by atoms with Crippen LogP contribution in [0.25, 0.3) is 11.3 Å². The molecular weight excluding hydrogens is 374 g/mol. The fraction of sp³-hybridized carbons (Fsp3) is 0.417. The van der Waals surface area contributed by atoms with Crippen molar-refractivity contribution in [2.24, 2.45) is 0 Å². The second-order valence-corrected chi connectivity index (χ2v) is 8.73. The Hall–Kier alpha value is -3.02. The lowest BCUT2D eigenvalue weighted by Crippen LogP contribution is -2.43. The Kier molecular flexibility index (Phi) is 4.85. The summed E-state index contributed by atoms with van der Waals surface area (Å²) in [5.74, 6) is 0.207. The van der Waals surface area contributed by atoms with E-state index in [1.165, 1.54) is 5.56 Å². The summed E-state index contributed by atoms with van der Waals surface area (Å²) in [6, 6.07) is 9.07. The van der Waals surface area contributed by atoms with E-state index in [2.05, 4.69) is 62.5 Å². The van der Waals surface area contributed by atoms with Gasteiger partial charge in [0.05, 0.1) is 29.5 Å². The van der Waals surface area contributed by atoms with Crippen molar-refractivity contribution >= 4 is 5.91 Å². The summed E-state index contributed by atoms with van der Waals surface area (Å²) >= 11 is 0. The molecule has 2 saturated carbocycles. The summed E-state index contributed by atoms with van der Waals surface area (Å²) in [6.45, 7) is 2.08. The minimum atomic E-state index is -0.293. The fourth-order valence-electron chi connectivity index (χ4n) is 4.57. The Bertz CT molecular complexity index is 1020. The summed E-state index contributed by atoms with van der Waals surface area (Å²) < 4.78 is 2.05. The second-order valence-electron chi connectivity index (χ2n) is 8.73. The fourth-order valence-corrected chi connectivity index (χ4v) is 4.57. The third-order valence-corrected chi connectivity index (χ3v) is 6.66. The Morgan fingerprint density at radius 3 is 2.50 bits per heavy atom. The quantitative estimate of drug-likeness (QED) is 0.702. The maximum absolute atomic E-state index is 13.1.